The van der Waals surface area contributed by atoms with E-state index in [0.29, 0.717) is 25.9 Å². The molecule has 0 radical (unpaired) electrons. The maximum absolute atomic E-state index is 12.1. The number of nitrogens with zero attached hydrogens (tertiary/aromatic N) is 1. The SMILES string of the molecule is CCN(CC)C(=O)CNC(=O)[C@@H]1CCCC[C@@H]1C(=O)O. The van der Waals surface area contributed by atoms with Crippen molar-refractivity contribution in [3.05, 3.63) is 0 Å². The highest BCUT2D eigenvalue weighted by molar-refractivity contribution is 5.88. The second kappa shape index (κ2) is 7.87. The van der Waals surface area contributed by atoms with Crippen LogP contribution in [0.25, 0.3) is 0 Å². The van der Waals surface area contributed by atoms with Crippen LogP contribution in [0.5, 0.6) is 0 Å². The van der Waals surface area contributed by atoms with Gasteiger partial charge in [0.25, 0.3) is 0 Å². The Balaban J connectivity index is 2.52. The molecule has 0 aromatic heterocycles. The summed E-state index contributed by atoms with van der Waals surface area (Å²) >= 11 is 0. The summed E-state index contributed by atoms with van der Waals surface area (Å²) in [5.41, 5.74) is 0. The molecule has 0 heterocycles. The minimum absolute atomic E-state index is 0.0522. The van der Waals surface area contributed by atoms with Crippen LogP contribution in [0, 0.1) is 11.8 Å². The van der Waals surface area contributed by atoms with E-state index in [0.717, 1.165) is 12.8 Å². The maximum Gasteiger partial charge on any atom is 0.307 e. The number of hydrogen-bond donors (Lipinski definition) is 2. The second-order valence-electron chi connectivity index (χ2n) is 5.12. The predicted molar refractivity (Wildman–Crippen MR) is 74.0 cm³/mol. The summed E-state index contributed by atoms with van der Waals surface area (Å²) in [6, 6.07) is 0. The molecule has 6 nitrogen and oxygen atoms in total. The predicted octanol–water partition coefficient (Wildman–Crippen LogP) is 0.862. The number of likely N-dealkylation sites (N-methyl/N-ethyl adjacent to an activating group) is 1. The number of carboxylic acid groups (broad SMARTS) is 1. The monoisotopic (exact) mass is 284 g/mol. The Kier molecular flexibility index (Phi) is 6.48. The van der Waals surface area contributed by atoms with E-state index in [2.05, 4.69) is 5.32 Å². The van der Waals surface area contributed by atoms with Crippen molar-refractivity contribution in [3.63, 3.8) is 0 Å². The molecule has 1 aliphatic carbocycles. The molecule has 1 aliphatic rings. The first-order valence-corrected chi connectivity index (χ1v) is 7.29. The van der Waals surface area contributed by atoms with Crippen molar-refractivity contribution in [1.29, 1.82) is 0 Å². The number of aliphatic carboxylic acids is 1. The van der Waals surface area contributed by atoms with Gasteiger partial charge in [0.2, 0.25) is 11.8 Å². The van der Waals surface area contributed by atoms with Gasteiger partial charge >= 0.3 is 5.97 Å². The summed E-state index contributed by atoms with van der Waals surface area (Å²) < 4.78 is 0. The summed E-state index contributed by atoms with van der Waals surface area (Å²) in [7, 11) is 0. The zero-order chi connectivity index (χ0) is 15.1. The van der Waals surface area contributed by atoms with Crippen LogP contribution in [-0.4, -0.2) is 47.4 Å². The van der Waals surface area contributed by atoms with Crippen LogP contribution in [0.4, 0.5) is 0 Å². The number of carbonyl (C=O) groups is 3. The van der Waals surface area contributed by atoms with Crippen LogP contribution in [0.1, 0.15) is 39.5 Å². The first-order chi connectivity index (χ1) is 9.51. The molecule has 0 aromatic rings. The van der Waals surface area contributed by atoms with Crippen LogP contribution in [0.3, 0.4) is 0 Å². The smallest absolute Gasteiger partial charge is 0.307 e. The van der Waals surface area contributed by atoms with Crippen molar-refractivity contribution in [2.45, 2.75) is 39.5 Å². The number of carbonyl (C=O) groups excluding carboxylic acids is 2. The van der Waals surface area contributed by atoms with Crippen LogP contribution < -0.4 is 5.32 Å². The summed E-state index contributed by atoms with van der Waals surface area (Å²) in [6.45, 7) is 4.91. The van der Waals surface area contributed by atoms with Gasteiger partial charge in [-0.2, -0.15) is 0 Å². The average Bonchev–Trinajstić information content (AvgIpc) is 2.46. The minimum atomic E-state index is -0.917. The molecule has 0 bridgehead atoms. The van der Waals surface area contributed by atoms with Crippen LogP contribution >= 0.6 is 0 Å². The minimum Gasteiger partial charge on any atom is -0.481 e. The van der Waals surface area contributed by atoms with E-state index in [1.165, 1.54) is 0 Å². The lowest BCUT2D eigenvalue weighted by molar-refractivity contribution is -0.149. The summed E-state index contributed by atoms with van der Waals surface area (Å²) in [5.74, 6) is -2.48. The van der Waals surface area contributed by atoms with E-state index in [1.54, 1.807) is 4.90 Å². The summed E-state index contributed by atoms with van der Waals surface area (Å²) in [4.78, 5) is 36.7. The number of carboxylic acids is 1. The van der Waals surface area contributed by atoms with Gasteiger partial charge in [-0.15, -0.1) is 0 Å². The zero-order valence-corrected chi connectivity index (χ0v) is 12.2. The fourth-order valence-electron chi connectivity index (χ4n) is 2.72. The highest BCUT2D eigenvalue weighted by Gasteiger charge is 2.35. The van der Waals surface area contributed by atoms with Crippen molar-refractivity contribution in [3.8, 4) is 0 Å². The van der Waals surface area contributed by atoms with Gasteiger partial charge in [0, 0.05) is 13.1 Å². The molecule has 0 unspecified atom stereocenters. The molecular formula is C14H24N2O4. The van der Waals surface area contributed by atoms with Crippen LogP contribution in [-0.2, 0) is 14.4 Å². The Morgan fingerprint density at radius 2 is 1.65 bits per heavy atom. The molecule has 20 heavy (non-hydrogen) atoms. The highest BCUT2D eigenvalue weighted by atomic mass is 16.4. The number of amides is 2. The van der Waals surface area contributed by atoms with Gasteiger partial charge in [-0.3, -0.25) is 14.4 Å². The van der Waals surface area contributed by atoms with Crippen molar-refractivity contribution in [2.24, 2.45) is 11.8 Å². The molecule has 0 saturated heterocycles. The molecule has 0 spiro atoms. The van der Waals surface area contributed by atoms with E-state index in [9.17, 15) is 14.4 Å². The van der Waals surface area contributed by atoms with Crippen molar-refractivity contribution in [1.82, 2.24) is 10.2 Å². The maximum atomic E-state index is 12.1. The van der Waals surface area contributed by atoms with Crippen LogP contribution in [0.15, 0.2) is 0 Å². The van der Waals surface area contributed by atoms with Gasteiger partial charge in [0.1, 0.15) is 0 Å². The Morgan fingerprint density at radius 3 is 2.15 bits per heavy atom. The van der Waals surface area contributed by atoms with E-state index in [1.807, 2.05) is 13.8 Å². The van der Waals surface area contributed by atoms with Crippen molar-refractivity contribution in [2.75, 3.05) is 19.6 Å². The highest BCUT2D eigenvalue weighted by Crippen LogP contribution is 2.30. The van der Waals surface area contributed by atoms with Gasteiger partial charge < -0.3 is 15.3 Å². The molecule has 2 N–H and O–H groups in total. The standard InChI is InChI=1S/C14H24N2O4/c1-3-16(4-2)12(17)9-15-13(18)10-7-5-6-8-11(10)14(19)20/h10-11H,3-9H2,1-2H3,(H,15,18)(H,19,20)/t10-,11+/m1/s1. The number of nitrogens with one attached hydrogen (secondary N) is 1. The van der Waals surface area contributed by atoms with Crippen LogP contribution in [0.2, 0.25) is 0 Å². The third-order valence-electron chi connectivity index (χ3n) is 3.95. The molecular weight excluding hydrogens is 260 g/mol. The Morgan fingerprint density at radius 1 is 1.10 bits per heavy atom. The fraction of sp³-hybridized carbons (Fsp3) is 0.786. The summed E-state index contributed by atoms with van der Waals surface area (Å²) in [6.07, 6.45) is 2.84. The molecule has 0 aromatic carbocycles. The third-order valence-corrected chi connectivity index (χ3v) is 3.95. The molecule has 1 fully saturated rings. The zero-order valence-electron chi connectivity index (χ0n) is 12.2. The third kappa shape index (κ3) is 4.21. The Hall–Kier alpha value is -1.59. The lowest BCUT2D eigenvalue weighted by atomic mass is 9.79. The Bertz CT molecular complexity index is 366. The fourth-order valence-corrected chi connectivity index (χ4v) is 2.72. The molecule has 2 atom stereocenters. The van der Waals surface area contributed by atoms with Gasteiger partial charge in [-0.05, 0) is 26.7 Å². The largest absolute Gasteiger partial charge is 0.481 e. The lowest BCUT2D eigenvalue weighted by Crippen LogP contribution is -2.44. The topological polar surface area (TPSA) is 86.7 Å². The Labute approximate surface area is 119 Å². The summed E-state index contributed by atoms with van der Waals surface area (Å²) in [5, 5.41) is 11.7. The molecule has 1 rings (SSSR count). The molecule has 0 aliphatic heterocycles. The molecule has 2 amide bonds. The lowest BCUT2D eigenvalue weighted by Gasteiger charge is -2.27. The second-order valence-corrected chi connectivity index (χ2v) is 5.12. The normalized spacial score (nSPS) is 22.1. The van der Waals surface area contributed by atoms with Crippen molar-refractivity contribution < 1.29 is 19.5 Å². The quantitative estimate of drug-likeness (QED) is 0.757. The van der Waals surface area contributed by atoms with Crippen molar-refractivity contribution >= 4 is 17.8 Å². The first kappa shape index (κ1) is 16.5. The number of hydrogen-bond acceptors (Lipinski definition) is 3. The van der Waals surface area contributed by atoms with Gasteiger partial charge in [-0.25, -0.2) is 0 Å². The van der Waals surface area contributed by atoms with Gasteiger partial charge in [-0.1, -0.05) is 12.8 Å². The molecule has 114 valence electrons. The molecule has 1 saturated carbocycles. The van der Waals surface area contributed by atoms with E-state index < -0.39 is 17.8 Å². The van der Waals surface area contributed by atoms with Gasteiger partial charge in [0.05, 0.1) is 18.4 Å². The first-order valence-electron chi connectivity index (χ1n) is 7.29. The van der Waals surface area contributed by atoms with Gasteiger partial charge in [0.15, 0.2) is 0 Å². The van der Waals surface area contributed by atoms with E-state index in [4.69, 9.17) is 5.11 Å². The number of rotatable bonds is 6. The molecule has 6 heteroatoms. The van der Waals surface area contributed by atoms with E-state index in [-0.39, 0.29) is 18.4 Å². The average molecular weight is 284 g/mol. The van der Waals surface area contributed by atoms with E-state index >= 15 is 0 Å².